The van der Waals surface area contributed by atoms with E-state index in [0.717, 1.165) is 13.0 Å². The van der Waals surface area contributed by atoms with Crippen molar-refractivity contribution in [2.75, 3.05) is 32.8 Å². The molecule has 0 aromatic carbocycles. The summed E-state index contributed by atoms with van der Waals surface area (Å²) in [5, 5.41) is 20.5. The van der Waals surface area contributed by atoms with Gasteiger partial charge in [-0.05, 0) is 25.7 Å². The van der Waals surface area contributed by atoms with Crippen LogP contribution in [0.2, 0.25) is 0 Å². The third kappa shape index (κ3) is 4.90. The van der Waals surface area contributed by atoms with E-state index >= 15 is 0 Å². The minimum atomic E-state index is -0.413. The van der Waals surface area contributed by atoms with Gasteiger partial charge in [0.15, 0.2) is 0 Å². The van der Waals surface area contributed by atoms with Gasteiger partial charge in [-0.1, -0.05) is 0 Å². The number of hydrogen-bond acceptors (Lipinski definition) is 5. The number of carbonyl (C=O) groups is 1. The summed E-state index contributed by atoms with van der Waals surface area (Å²) in [6.07, 6.45) is 1.11. The van der Waals surface area contributed by atoms with Gasteiger partial charge in [0.1, 0.15) is 0 Å². The molecule has 1 fully saturated rings. The van der Waals surface area contributed by atoms with Crippen molar-refractivity contribution in [3.8, 4) is 6.07 Å². The first-order chi connectivity index (χ1) is 8.69. The molecule has 2 atom stereocenters. The van der Waals surface area contributed by atoms with Gasteiger partial charge >= 0.3 is 6.09 Å². The third-order valence-corrected chi connectivity index (χ3v) is 3.04. The van der Waals surface area contributed by atoms with Crippen LogP contribution in [0.4, 0.5) is 4.79 Å². The Bertz CT molecular complexity index is 303. The van der Waals surface area contributed by atoms with E-state index in [-0.39, 0.29) is 12.6 Å². The van der Waals surface area contributed by atoms with E-state index < -0.39 is 6.09 Å². The number of alkyl carbamates (subject to hydrolysis) is 1. The number of carbonyl (C=O) groups excluding carboxylic acids is 1. The van der Waals surface area contributed by atoms with Crippen LogP contribution in [0.1, 0.15) is 19.8 Å². The van der Waals surface area contributed by atoms with E-state index in [9.17, 15) is 4.79 Å². The first kappa shape index (κ1) is 14.7. The Hall–Kier alpha value is -1.32. The van der Waals surface area contributed by atoms with Crippen molar-refractivity contribution in [1.82, 2.24) is 10.2 Å². The Balaban J connectivity index is 2.50. The van der Waals surface area contributed by atoms with Crippen molar-refractivity contribution in [2.45, 2.75) is 25.8 Å². The van der Waals surface area contributed by atoms with Crippen LogP contribution in [0.5, 0.6) is 0 Å². The zero-order valence-electron chi connectivity index (χ0n) is 10.8. The third-order valence-electron chi connectivity index (χ3n) is 3.04. The lowest BCUT2D eigenvalue weighted by Gasteiger charge is -2.36. The summed E-state index contributed by atoms with van der Waals surface area (Å²) >= 11 is 0. The number of piperidine rings is 1. The highest BCUT2D eigenvalue weighted by Crippen LogP contribution is 2.19. The molecule has 102 valence electrons. The van der Waals surface area contributed by atoms with E-state index in [2.05, 4.69) is 11.4 Å². The summed E-state index contributed by atoms with van der Waals surface area (Å²) in [6.45, 7) is 4.06. The summed E-state index contributed by atoms with van der Waals surface area (Å²) in [7, 11) is 0. The quantitative estimate of drug-likeness (QED) is 0.691. The van der Waals surface area contributed by atoms with Crippen LogP contribution in [0.25, 0.3) is 0 Å². The van der Waals surface area contributed by atoms with Crippen molar-refractivity contribution < 1.29 is 14.6 Å². The lowest BCUT2D eigenvalue weighted by atomic mass is 9.92. The van der Waals surface area contributed by atoms with E-state index in [1.165, 1.54) is 0 Å². The Morgan fingerprint density at radius 3 is 3.00 bits per heavy atom. The number of ether oxygens (including phenoxy) is 1. The summed E-state index contributed by atoms with van der Waals surface area (Å²) in [6, 6.07) is 2.11. The van der Waals surface area contributed by atoms with Gasteiger partial charge in [0.25, 0.3) is 0 Å². The molecule has 6 heteroatoms. The lowest BCUT2D eigenvalue weighted by molar-refractivity contribution is 0.114. The summed E-state index contributed by atoms with van der Waals surface area (Å²) in [5.74, 6) is 0.309. The minimum Gasteiger partial charge on any atom is -0.450 e. The van der Waals surface area contributed by atoms with Crippen LogP contribution < -0.4 is 5.32 Å². The second-order valence-electron chi connectivity index (χ2n) is 4.53. The van der Waals surface area contributed by atoms with Crippen LogP contribution in [-0.2, 0) is 4.74 Å². The maximum Gasteiger partial charge on any atom is 0.407 e. The molecule has 1 amide bonds. The average molecular weight is 255 g/mol. The molecule has 0 bridgehead atoms. The predicted molar refractivity (Wildman–Crippen MR) is 65.8 cm³/mol. The van der Waals surface area contributed by atoms with E-state index in [1.54, 1.807) is 6.92 Å². The van der Waals surface area contributed by atoms with Gasteiger partial charge in [0, 0.05) is 25.7 Å². The molecule has 6 nitrogen and oxygen atoms in total. The molecular formula is C12H21N3O3. The molecule has 0 spiro atoms. The van der Waals surface area contributed by atoms with Crippen LogP contribution in [0, 0.1) is 17.2 Å². The lowest BCUT2D eigenvalue weighted by Crippen LogP contribution is -2.51. The molecule has 1 saturated heterocycles. The fourth-order valence-electron chi connectivity index (χ4n) is 2.37. The molecule has 2 N–H and O–H groups in total. The second kappa shape index (κ2) is 7.90. The zero-order chi connectivity index (χ0) is 13.4. The second-order valence-corrected chi connectivity index (χ2v) is 4.53. The number of aliphatic hydroxyl groups excluding tert-OH is 1. The van der Waals surface area contributed by atoms with Crippen LogP contribution in [0.15, 0.2) is 0 Å². The van der Waals surface area contributed by atoms with Gasteiger partial charge in [-0.15, -0.1) is 0 Å². The minimum absolute atomic E-state index is 0.0114. The van der Waals surface area contributed by atoms with Gasteiger partial charge in [-0.25, -0.2) is 4.79 Å². The summed E-state index contributed by atoms with van der Waals surface area (Å²) < 4.78 is 4.85. The Morgan fingerprint density at radius 2 is 2.39 bits per heavy atom. The average Bonchev–Trinajstić information content (AvgIpc) is 2.29. The maximum absolute atomic E-state index is 11.4. The number of nitrogens with zero attached hydrogens (tertiary/aromatic N) is 2. The first-order valence-corrected chi connectivity index (χ1v) is 6.33. The smallest absolute Gasteiger partial charge is 0.407 e. The first-order valence-electron chi connectivity index (χ1n) is 6.33. The number of rotatable bonds is 5. The highest BCUT2D eigenvalue weighted by Gasteiger charge is 2.27. The van der Waals surface area contributed by atoms with E-state index in [1.807, 2.05) is 4.90 Å². The van der Waals surface area contributed by atoms with Crippen LogP contribution in [0.3, 0.4) is 0 Å². The highest BCUT2D eigenvalue weighted by molar-refractivity contribution is 5.67. The zero-order valence-corrected chi connectivity index (χ0v) is 10.8. The fourth-order valence-corrected chi connectivity index (χ4v) is 2.37. The number of amides is 1. The Morgan fingerprint density at radius 1 is 1.61 bits per heavy atom. The van der Waals surface area contributed by atoms with Crippen LogP contribution in [-0.4, -0.2) is 55.0 Å². The SMILES string of the molecule is CCOC(=O)NC1CC(CCO)CN(CC#N)C1. The Labute approximate surface area is 108 Å². The van der Waals surface area contributed by atoms with Gasteiger partial charge in [-0.2, -0.15) is 5.26 Å². The topological polar surface area (TPSA) is 85.6 Å². The molecular weight excluding hydrogens is 234 g/mol. The molecule has 1 rings (SSSR count). The largest absolute Gasteiger partial charge is 0.450 e. The molecule has 0 aliphatic carbocycles. The fraction of sp³-hybridized carbons (Fsp3) is 0.833. The molecule has 2 unspecified atom stereocenters. The number of nitrogens with one attached hydrogen (secondary N) is 1. The van der Waals surface area contributed by atoms with Crippen molar-refractivity contribution >= 4 is 6.09 Å². The number of nitriles is 1. The molecule has 0 aromatic rings. The van der Waals surface area contributed by atoms with Crippen LogP contribution >= 0.6 is 0 Å². The van der Waals surface area contributed by atoms with Crippen molar-refractivity contribution in [1.29, 1.82) is 5.26 Å². The number of aliphatic hydroxyl groups is 1. The number of hydrogen-bond donors (Lipinski definition) is 2. The van der Waals surface area contributed by atoms with Gasteiger partial charge < -0.3 is 15.2 Å². The van der Waals surface area contributed by atoms with Gasteiger partial charge in [0.2, 0.25) is 0 Å². The highest BCUT2D eigenvalue weighted by atomic mass is 16.5. The standard InChI is InChI=1S/C12H21N3O3/c1-2-18-12(17)14-11-7-10(3-6-16)8-15(9-11)5-4-13/h10-11,16H,2-3,5-9H2,1H3,(H,14,17). The normalized spacial score (nSPS) is 24.3. The van der Waals surface area contributed by atoms with Gasteiger partial charge in [0.05, 0.1) is 19.2 Å². The molecule has 0 aromatic heterocycles. The van der Waals surface area contributed by atoms with Crippen molar-refractivity contribution in [3.05, 3.63) is 0 Å². The monoisotopic (exact) mass is 255 g/mol. The van der Waals surface area contributed by atoms with E-state index in [0.29, 0.717) is 32.0 Å². The molecule has 1 aliphatic rings. The van der Waals surface area contributed by atoms with Gasteiger partial charge in [-0.3, -0.25) is 4.90 Å². The number of likely N-dealkylation sites (tertiary alicyclic amines) is 1. The maximum atomic E-state index is 11.4. The predicted octanol–water partition coefficient (Wildman–Crippen LogP) is 0.329. The Kier molecular flexibility index (Phi) is 6.47. The molecule has 0 saturated carbocycles. The van der Waals surface area contributed by atoms with Crippen molar-refractivity contribution in [2.24, 2.45) is 5.92 Å². The summed E-state index contributed by atoms with van der Waals surface area (Å²) in [5.41, 5.74) is 0. The van der Waals surface area contributed by atoms with E-state index in [4.69, 9.17) is 15.1 Å². The molecule has 1 aliphatic heterocycles. The molecule has 18 heavy (non-hydrogen) atoms. The molecule has 1 heterocycles. The van der Waals surface area contributed by atoms with Crippen molar-refractivity contribution in [3.63, 3.8) is 0 Å². The summed E-state index contributed by atoms with van der Waals surface area (Å²) in [4.78, 5) is 13.4. The molecule has 0 radical (unpaired) electrons.